The highest BCUT2D eigenvalue weighted by molar-refractivity contribution is 7.89. The summed E-state index contributed by atoms with van der Waals surface area (Å²) in [6, 6.07) is 1.91. The lowest BCUT2D eigenvalue weighted by Gasteiger charge is -2.02. The monoisotopic (exact) mass is 255 g/mol. The number of hydrogen-bond donors (Lipinski definition) is 1. The molecule has 0 amide bonds. The van der Waals surface area contributed by atoms with Gasteiger partial charge in [0.15, 0.2) is 0 Å². The molecule has 2 rings (SSSR count). The smallest absolute Gasteiger partial charge is 0.241 e. The maximum Gasteiger partial charge on any atom is 0.241 e. The molecule has 0 spiro atoms. The molecule has 0 fully saturated rings. The van der Waals surface area contributed by atoms with E-state index in [0.29, 0.717) is 6.54 Å². The van der Waals surface area contributed by atoms with E-state index in [4.69, 9.17) is 5.14 Å². The van der Waals surface area contributed by atoms with Gasteiger partial charge >= 0.3 is 0 Å². The second kappa shape index (κ2) is 4.30. The molecule has 0 aromatic carbocycles. The lowest BCUT2D eigenvalue weighted by atomic mass is 10.3. The lowest BCUT2D eigenvalue weighted by Crippen LogP contribution is -2.11. The first kappa shape index (κ1) is 11.8. The second-order valence-corrected chi connectivity index (χ2v) is 5.24. The van der Waals surface area contributed by atoms with E-state index < -0.39 is 10.0 Å². The van der Waals surface area contributed by atoms with E-state index in [0.717, 1.165) is 12.1 Å². The Labute approximate surface area is 98.9 Å². The fourth-order valence-electron chi connectivity index (χ4n) is 1.49. The minimum absolute atomic E-state index is 0.0301. The lowest BCUT2D eigenvalue weighted by molar-refractivity contribution is 0.583. The van der Waals surface area contributed by atoms with Gasteiger partial charge in [0, 0.05) is 38.1 Å². The number of aromatic nitrogens is 4. The molecule has 17 heavy (non-hydrogen) atoms. The number of nitrogens with two attached hydrogens (primary N) is 1. The van der Waals surface area contributed by atoms with Crippen LogP contribution in [0, 0.1) is 0 Å². The van der Waals surface area contributed by atoms with Crippen LogP contribution < -0.4 is 5.14 Å². The normalized spacial score (nSPS) is 11.9. The summed E-state index contributed by atoms with van der Waals surface area (Å²) in [7, 11) is -1.81. The van der Waals surface area contributed by atoms with Crippen LogP contribution in [-0.4, -0.2) is 28.0 Å². The Kier molecular flexibility index (Phi) is 2.99. The van der Waals surface area contributed by atoms with Gasteiger partial charge in [0.25, 0.3) is 0 Å². The summed E-state index contributed by atoms with van der Waals surface area (Å²) < 4.78 is 25.4. The van der Waals surface area contributed by atoms with Gasteiger partial charge < -0.3 is 0 Å². The predicted octanol–water partition coefficient (Wildman–Crippen LogP) is -0.493. The zero-order valence-electron chi connectivity index (χ0n) is 9.31. The van der Waals surface area contributed by atoms with Crippen LogP contribution in [-0.2, 0) is 30.0 Å². The molecule has 2 aromatic heterocycles. The first-order valence-corrected chi connectivity index (χ1v) is 6.53. The van der Waals surface area contributed by atoms with E-state index >= 15 is 0 Å². The van der Waals surface area contributed by atoms with Crippen LogP contribution in [0.3, 0.4) is 0 Å². The molecule has 7 nitrogen and oxygen atoms in total. The quantitative estimate of drug-likeness (QED) is 0.797. The molecule has 0 atom stereocenters. The molecule has 0 saturated carbocycles. The van der Waals surface area contributed by atoms with E-state index in [-0.39, 0.29) is 4.90 Å². The van der Waals surface area contributed by atoms with Crippen molar-refractivity contribution in [2.75, 3.05) is 0 Å². The fourth-order valence-corrected chi connectivity index (χ4v) is 1.95. The van der Waals surface area contributed by atoms with E-state index in [1.54, 1.807) is 15.6 Å². The molecule has 92 valence electrons. The first-order chi connectivity index (χ1) is 7.97. The van der Waals surface area contributed by atoms with Gasteiger partial charge in [0.1, 0.15) is 4.90 Å². The van der Waals surface area contributed by atoms with Crippen molar-refractivity contribution in [1.82, 2.24) is 19.6 Å². The average Bonchev–Trinajstić information content (AvgIpc) is 2.82. The summed E-state index contributed by atoms with van der Waals surface area (Å²) in [4.78, 5) is 0.0301. The molecule has 2 heterocycles. The summed E-state index contributed by atoms with van der Waals surface area (Å²) in [5.74, 6) is 0. The average molecular weight is 255 g/mol. The number of nitrogens with zero attached hydrogens (tertiary/aromatic N) is 4. The van der Waals surface area contributed by atoms with Crippen LogP contribution in [0.4, 0.5) is 0 Å². The van der Waals surface area contributed by atoms with Crippen LogP contribution in [0.5, 0.6) is 0 Å². The SMILES string of the molecule is Cn1nccc1CCn1cc(S(N)(=O)=O)cn1. The maximum absolute atomic E-state index is 11.0. The molecule has 0 unspecified atom stereocenters. The van der Waals surface area contributed by atoms with Gasteiger partial charge in [-0.3, -0.25) is 9.36 Å². The Morgan fingerprint density at radius 1 is 1.41 bits per heavy atom. The summed E-state index contributed by atoms with van der Waals surface area (Å²) in [6.45, 7) is 0.578. The summed E-state index contributed by atoms with van der Waals surface area (Å²) in [5, 5.41) is 13.0. The Hall–Kier alpha value is -1.67. The van der Waals surface area contributed by atoms with E-state index in [9.17, 15) is 8.42 Å². The van der Waals surface area contributed by atoms with Gasteiger partial charge in [-0.25, -0.2) is 13.6 Å². The molecular formula is C9H13N5O2S. The van der Waals surface area contributed by atoms with Gasteiger partial charge in [0.05, 0.1) is 6.20 Å². The third-order valence-corrected chi connectivity index (χ3v) is 3.33. The third-order valence-electron chi connectivity index (χ3n) is 2.46. The Morgan fingerprint density at radius 2 is 2.18 bits per heavy atom. The topological polar surface area (TPSA) is 95.8 Å². The zero-order valence-corrected chi connectivity index (χ0v) is 10.1. The van der Waals surface area contributed by atoms with Crippen LogP contribution in [0.2, 0.25) is 0 Å². The van der Waals surface area contributed by atoms with Gasteiger partial charge in [0.2, 0.25) is 10.0 Å². The molecule has 0 aliphatic carbocycles. The summed E-state index contributed by atoms with van der Waals surface area (Å²) in [6.07, 6.45) is 5.11. The minimum atomic E-state index is -3.66. The van der Waals surface area contributed by atoms with Crippen molar-refractivity contribution in [1.29, 1.82) is 0 Å². The molecule has 8 heteroatoms. The Morgan fingerprint density at radius 3 is 2.71 bits per heavy atom. The van der Waals surface area contributed by atoms with Crippen molar-refractivity contribution in [2.45, 2.75) is 17.9 Å². The number of sulfonamides is 1. The number of hydrogen-bond acceptors (Lipinski definition) is 4. The van der Waals surface area contributed by atoms with Gasteiger partial charge in [-0.1, -0.05) is 0 Å². The van der Waals surface area contributed by atoms with Crippen molar-refractivity contribution >= 4 is 10.0 Å². The molecule has 2 N–H and O–H groups in total. The van der Waals surface area contributed by atoms with Crippen LogP contribution in [0.1, 0.15) is 5.69 Å². The maximum atomic E-state index is 11.0. The second-order valence-electron chi connectivity index (χ2n) is 3.68. The van der Waals surface area contributed by atoms with Crippen molar-refractivity contribution < 1.29 is 8.42 Å². The number of rotatable bonds is 4. The van der Waals surface area contributed by atoms with Crippen LogP contribution in [0.25, 0.3) is 0 Å². The van der Waals surface area contributed by atoms with Crippen molar-refractivity contribution in [2.24, 2.45) is 12.2 Å². The fraction of sp³-hybridized carbons (Fsp3) is 0.333. The summed E-state index contributed by atoms with van der Waals surface area (Å²) >= 11 is 0. The highest BCUT2D eigenvalue weighted by atomic mass is 32.2. The van der Waals surface area contributed by atoms with E-state index in [2.05, 4.69) is 10.2 Å². The predicted molar refractivity (Wildman–Crippen MR) is 60.5 cm³/mol. The van der Waals surface area contributed by atoms with E-state index in [1.165, 1.54) is 12.4 Å². The first-order valence-electron chi connectivity index (χ1n) is 4.99. The van der Waals surface area contributed by atoms with Gasteiger partial charge in [-0.2, -0.15) is 10.2 Å². The molecular weight excluding hydrogens is 242 g/mol. The third kappa shape index (κ3) is 2.71. The number of primary sulfonamides is 1. The molecule has 2 aromatic rings. The van der Waals surface area contributed by atoms with E-state index in [1.807, 2.05) is 13.1 Å². The van der Waals surface area contributed by atoms with Crippen molar-refractivity contribution in [3.8, 4) is 0 Å². The van der Waals surface area contributed by atoms with Crippen molar-refractivity contribution in [3.05, 3.63) is 30.4 Å². The molecule has 0 saturated heterocycles. The Bertz CT molecular complexity index is 613. The van der Waals surface area contributed by atoms with Crippen LogP contribution >= 0.6 is 0 Å². The number of aryl methyl sites for hydroxylation is 3. The van der Waals surface area contributed by atoms with Crippen molar-refractivity contribution in [3.63, 3.8) is 0 Å². The molecule has 0 aliphatic heterocycles. The largest absolute Gasteiger partial charge is 0.273 e. The van der Waals surface area contributed by atoms with Crippen LogP contribution in [0.15, 0.2) is 29.6 Å². The van der Waals surface area contributed by atoms with Gasteiger partial charge in [-0.15, -0.1) is 0 Å². The molecule has 0 bridgehead atoms. The minimum Gasteiger partial charge on any atom is -0.273 e. The summed E-state index contributed by atoms with van der Waals surface area (Å²) in [5.41, 5.74) is 1.05. The zero-order chi connectivity index (χ0) is 12.5. The molecule has 0 aliphatic rings. The highest BCUT2D eigenvalue weighted by Gasteiger charge is 2.10. The molecule has 0 radical (unpaired) electrons. The standard InChI is InChI=1S/C9H13N5O2S/c1-13-8(2-4-11-13)3-5-14-7-9(6-12-14)17(10,15)16/h2,4,6-7H,3,5H2,1H3,(H2,10,15,16). The Balaban J connectivity index is 2.06. The van der Waals surface area contributed by atoms with Gasteiger partial charge in [-0.05, 0) is 6.07 Å². The highest BCUT2D eigenvalue weighted by Crippen LogP contribution is 2.05.